The van der Waals surface area contributed by atoms with Crippen LogP contribution in [-0.4, -0.2) is 6.54 Å². The van der Waals surface area contributed by atoms with Gasteiger partial charge in [0.15, 0.2) is 11.4 Å². The molecule has 1 aliphatic carbocycles. The van der Waals surface area contributed by atoms with E-state index in [9.17, 15) is 4.39 Å². The van der Waals surface area contributed by atoms with Gasteiger partial charge in [0.25, 0.3) is 0 Å². The zero-order valence-electron chi connectivity index (χ0n) is 10.6. The average molecular weight is 247 g/mol. The van der Waals surface area contributed by atoms with E-state index in [1.807, 2.05) is 6.07 Å². The lowest BCUT2D eigenvalue weighted by atomic mass is 10.1. The van der Waals surface area contributed by atoms with E-state index in [4.69, 9.17) is 4.42 Å². The highest BCUT2D eigenvalue weighted by atomic mass is 19.1. The molecule has 0 radical (unpaired) electrons. The molecule has 1 aromatic heterocycles. The standard InChI is InChI=1S/C15H18FNO/c1-2-8-17-9-13-14(10-6-7-10)11-4-3-5-12(16)15(11)18-13/h3-5,10,17H,2,6-9H2,1H3. The van der Waals surface area contributed by atoms with E-state index < -0.39 is 0 Å². The Balaban J connectivity index is 2.01. The summed E-state index contributed by atoms with van der Waals surface area (Å²) >= 11 is 0. The van der Waals surface area contributed by atoms with Crippen molar-refractivity contribution in [2.24, 2.45) is 0 Å². The summed E-state index contributed by atoms with van der Waals surface area (Å²) < 4.78 is 19.5. The fourth-order valence-electron chi connectivity index (χ4n) is 2.48. The normalized spacial score (nSPS) is 15.4. The number of para-hydroxylation sites is 1. The molecule has 0 amide bonds. The van der Waals surface area contributed by atoms with Crippen LogP contribution in [0.25, 0.3) is 11.0 Å². The smallest absolute Gasteiger partial charge is 0.170 e. The summed E-state index contributed by atoms with van der Waals surface area (Å²) in [5.41, 5.74) is 1.65. The van der Waals surface area contributed by atoms with Crippen LogP contribution in [-0.2, 0) is 6.54 Å². The van der Waals surface area contributed by atoms with Crippen LogP contribution in [0.4, 0.5) is 4.39 Å². The zero-order chi connectivity index (χ0) is 12.5. The maximum atomic E-state index is 13.7. The molecule has 1 fully saturated rings. The molecule has 1 N–H and O–H groups in total. The van der Waals surface area contributed by atoms with E-state index in [0.717, 1.165) is 24.1 Å². The van der Waals surface area contributed by atoms with Crippen LogP contribution in [0.1, 0.15) is 43.4 Å². The third-order valence-corrected chi connectivity index (χ3v) is 3.48. The van der Waals surface area contributed by atoms with Gasteiger partial charge in [-0.3, -0.25) is 0 Å². The monoisotopic (exact) mass is 247 g/mol. The second-order valence-electron chi connectivity index (χ2n) is 5.01. The number of nitrogens with one attached hydrogen (secondary N) is 1. The van der Waals surface area contributed by atoms with Crippen LogP contribution >= 0.6 is 0 Å². The van der Waals surface area contributed by atoms with Crippen LogP contribution in [0.15, 0.2) is 22.6 Å². The van der Waals surface area contributed by atoms with Crippen LogP contribution < -0.4 is 5.32 Å². The molecule has 2 aromatic rings. The molecule has 0 atom stereocenters. The second kappa shape index (κ2) is 4.73. The molecule has 1 aromatic carbocycles. The molecule has 3 rings (SSSR count). The summed E-state index contributed by atoms with van der Waals surface area (Å²) in [5, 5.41) is 4.30. The molecule has 18 heavy (non-hydrogen) atoms. The van der Waals surface area contributed by atoms with Gasteiger partial charge in [-0.1, -0.05) is 19.1 Å². The molecule has 0 saturated heterocycles. The van der Waals surface area contributed by atoms with E-state index in [1.165, 1.54) is 24.5 Å². The number of rotatable bonds is 5. The Kier molecular flexibility index (Phi) is 3.08. The first-order valence-electron chi connectivity index (χ1n) is 6.71. The Morgan fingerprint density at radius 1 is 1.39 bits per heavy atom. The molecule has 1 aliphatic rings. The summed E-state index contributed by atoms with van der Waals surface area (Å²) in [7, 11) is 0. The minimum absolute atomic E-state index is 0.254. The number of fused-ring (bicyclic) bond motifs is 1. The molecule has 0 unspecified atom stereocenters. The molecule has 96 valence electrons. The van der Waals surface area contributed by atoms with Gasteiger partial charge in [0.1, 0.15) is 5.76 Å². The van der Waals surface area contributed by atoms with Gasteiger partial charge in [0.05, 0.1) is 6.54 Å². The van der Waals surface area contributed by atoms with Crippen molar-refractivity contribution in [3.63, 3.8) is 0 Å². The SMILES string of the molecule is CCCNCc1oc2c(F)cccc2c1C1CC1. The maximum absolute atomic E-state index is 13.7. The van der Waals surface area contributed by atoms with Gasteiger partial charge in [-0.2, -0.15) is 0 Å². The van der Waals surface area contributed by atoms with Crippen molar-refractivity contribution in [3.8, 4) is 0 Å². The Hall–Kier alpha value is -1.35. The molecule has 1 heterocycles. The van der Waals surface area contributed by atoms with Gasteiger partial charge in [-0.05, 0) is 37.8 Å². The summed E-state index contributed by atoms with van der Waals surface area (Å²) in [6, 6.07) is 5.20. The predicted molar refractivity (Wildman–Crippen MR) is 70.1 cm³/mol. The van der Waals surface area contributed by atoms with Gasteiger partial charge in [-0.15, -0.1) is 0 Å². The highest BCUT2D eigenvalue weighted by molar-refractivity contribution is 5.83. The van der Waals surface area contributed by atoms with Gasteiger partial charge < -0.3 is 9.73 Å². The minimum Gasteiger partial charge on any atom is -0.456 e. The molecular weight excluding hydrogens is 229 g/mol. The van der Waals surface area contributed by atoms with Crippen molar-refractivity contribution < 1.29 is 8.81 Å². The molecule has 0 spiro atoms. The number of furan rings is 1. The van der Waals surface area contributed by atoms with Gasteiger partial charge in [0, 0.05) is 10.9 Å². The Labute approximate surface area is 106 Å². The summed E-state index contributed by atoms with van der Waals surface area (Å²) in [5.74, 6) is 1.24. The van der Waals surface area contributed by atoms with Crippen LogP contribution in [0.2, 0.25) is 0 Å². The van der Waals surface area contributed by atoms with E-state index in [1.54, 1.807) is 6.07 Å². The van der Waals surface area contributed by atoms with Crippen LogP contribution in [0.3, 0.4) is 0 Å². The van der Waals surface area contributed by atoms with Crippen LogP contribution in [0, 0.1) is 5.82 Å². The highest BCUT2D eigenvalue weighted by Gasteiger charge is 2.31. The number of halogens is 1. The molecule has 2 nitrogen and oxygen atoms in total. The van der Waals surface area contributed by atoms with E-state index in [0.29, 0.717) is 18.0 Å². The largest absolute Gasteiger partial charge is 0.456 e. The molecule has 0 bridgehead atoms. The lowest BCUT2D eigenvalue weighted by Gasteiger charge is -2.02. The quantitative estimate of drug-likeness (QED) is 0.809. The fraction of sp³-hybridized carbons (Fsp3) is 0.467. The van der Waals surface area contributed by atoms with Crippen molar-refractivity contribution in [3.05, 3.63) is 35.3 Å². The first-order chi connectivity index (χ1) is 8.81. The molecule has 3 heteroatoms. The van der Waals surface area contributed by atoms with E-state index >= 15 is 0 Å². The third kappa shape index (κ3) is 2.03. The van der Waals surface area contributed by atoms with Crippen molar-refractivity contribution in [2.45, 2.75) is 38.6 Å². The predicted octanol–water partition coefficient (Wildman–Crippen LogP) is 3.95. The Morgan fingerprint density at radius 2 is 2.22 bits per heavy atom. The van der Waals surface area contributed by atoms with Crippen molar-refractivity contribution in [1.82, 2.24) is 5.32 Å². The second-order valence-corrected chi connectivity index (χ2v) is 5.01. The van der Waals surface area contributed by atoms with Gasteiger partial charge in [0.2, 0.25) is 0 Å². The van der Waals surface area contributed by atoms with E-state index in [-0.39, 0.29) is 5.82 Å². The third-order valence-electron chi connectivity index (χ3n) is 3.48. The topological polar surface area (TPSA) is 25.2 Å². The Morgan fingerprint density at radius 3 is 2.94 bits per heavy atom. The number of hydrogen-bond donors (Lipinski definition) is 1. The van der Waals surface area contributed by atoms with Gasteiger partial charge >= 0.3 is 0 Å². The van der Waals surface area contributed by atoms with Gasteiger partial charge in [-0.25, -0.2) is 4.39 Å². The molecular formula is C15H18FNO. The minimum atomic E-state index is -0.254. The van der Waals surface area contributed by atoms with Crippen LogP contribution in [0.5, 0.6) is 0 Å². The first-order valence-corrected chi connectivity index (χ1v) is 6.71. The van der Waals surface area contributed by atoms with Crippen molar-refractivity contribution in [1.29, 1.82) is 0 Å². The first kappa shape index (κ1) is 11.7. The highest BCUT2D eigenvalue weighted by Crippen LogP contribution is 2.46. The molecule has 0 aliphatic heterocycles. The average Bonchev–Trinajstić information content (AvgIpc) is 3.12. The Bertz CT molecular complexity index is 557. The molecule has 1 saturated carbocycles. The fourth-order valence-corrected chi connectivity index (χ4v) is 2.48. The number of hydrogen-bond acceptors (Lipinski definition) is 2. The van der Waals surface area contributed by atoms with Crippen molar-refractivity contribution >= 4 is 11.0 Å². The number of benzene rings is 1. The summed E-state index contributed by atoms with van der Waals surface area (Å²) in [4.78, 5) is 0. The lowest BCUT2D eigenvalue weighted by Crippen LogP contribution is -2.14. The van der Waals surface area contributed by atoms with Crippen molar-refractivity contribution in [2.75, 3.05) is 6.54 Å². The maximum Gasteiger partial charge on any atom is 0.170 e. The zero-order valence-corrected chi connectivity index (χ0v) is 10.6. The lowest BCUT2D eigenvalue weighted by molar-refractivity contribution is 0.490. The van der Waals surface area contributed by atoms with E-state index in [2.05, 4.69) is 12.2 Å². The summed E-state index contributed by atoms with van der Waals surface area (Å²) in [6.07, 6.45) is 3.49. The summed E-state index contributed by atoms with van der Waals surface area (Å²) in [6.45, 7) is 3.80.